The molecule has 0 saturated heterocycles. The van der Waals surface area contributed by atoms with E-state index in [4.69, 9.17) is 11.6 Å². The number of pyridine rings is 1. The van der Waals surface area contributed by atoms with Gasteiger partial charge < -0.3 is 10.0 Å². The summed E-state index contributed by atoms with van der Waals surface area (Å²) in [5.74, 6) is -3.09. The molecular formula is C29H21ClF2N2O3S. The lowest BCUT2D eigenvalue weighted by Gasteiger charge is -2.25. The number of carboxylic acids is 1. The van der Waals surface area contributed by atoms with Gasteiger partial charge in [0.15, 0.2) is 11.6 Å². The SMILES string of the molecule is O=C(c1ccc(Sc2ccc(F)c(F)c2)c(C(=O)O)c1)c1ccc(N(CC2CC2)c2ccc(Cl)cc2)cn1. The molecule has 1 heterocycles. The molecular weight excluding hydrogens is 530 g/mol. The molecule has 5 rings (SSSR count). The van der Waals surface area contributed by atoms with Gasteiger partial charge in [0.05, 0.1) is 17.4 Å². The lowest BCUT2D eigenvalue weighted by molar-refractivity contribution is 0.0693. The highest BCUT2D eigenvalue weighted by Gasteiger charge is 2.26. The number of aromatic nitrogens is 1. The molecule has 5 nitrogen and oxygen atoms in total. The van der Waals surface area contributed by atoms with E-state index in [9.17, 15) is 23.5 Å². The van der Waals surface area contributed by atoms with Gasteiger partial charge in [-0.15, -0.1) is 0 Å². The van der Waals surface area contributed by atoms with Gasteiger partial charge >= 0.3 is 5.97 Å². The Labute approximate surface area is 227 Å². The van der Waals surface area contributed by atoms with Crippen LogP contribution in [0.5, 0.6) is 0 Å². The van der Waals surface area contributed by atoms with Crippen molar-refractivity contribution in [3.8, 4) is 0 Å². The minimum absolute atomic E-state index is 0.124. The number of carbonyl (C=O) groups excluding carboxylic acids is 1. The minimum Gasteiger partial charge on any atom is -0.478 e. The Hall–Kier alpha value is -3.75. The molecule has 0 bridgehead atoms. The smallest absolute Gasteiger partial charge is 0.336 e. The van der Waals surface area contributed by atoms with Crippen LogP contribution in [0.1, 0.15) is 39.3 Å². The largest absolute Gasteiger partial charge is 0.478 e. The van der Waals surface area contributed by atoms with Crippen LogP contribution >= 0.6 is 23.4 Å². The van der Waals surface area contributed by atoms with Crippen molar-refractivity contribution in [2.45, 2.75) is 22.6 Å². The maximum atomic E-state index is 13.6. The molecule has 1 aromatic heterocycles. The summed E-state index contributed by atoms with van der Waals surface area (Å²) in [6, 6.07) is 18.6. The Morgan fingerprint density at radius 1 is 0.947 bits per heavy atom. The molecule has 9 heteroatoms. The van der Waals surface area contributed by atoms with Gasteiger partial charge in [0.25, 0.3) is 0 Å². The number of benzene rings is 3. The molecule has 0 atom stereocenters. The van der Waals surface area contributed by atoms with Crippen molar-refractivity contribution in [3.05, 3.63) is 112 Å². The normalized spacial score (nSPS) is 12.8. The Morgan fingerprint density at radius 3 is 2.32 bits per heavy atom. The fourth-order valence-electron chi connectivity index (χ4n) is 3.96. The highest BCUT2D eigenvalue weighted by Crippen LogP contribution is 2.36. The molecule has 1 aliphatic carbocycles. The maximum absolute atomic E-state index is 13.6. The summed E-state index contributed by atoms with van der Waals surface area (Å²) in [6.07, 6.45) is 3.98. The Bertz CT molecular complexity index is 1510. The maximum Gasteiger partial charge on any atom is 0.336 e. The van der Waals surface area contributed by atoms with Crippen molar-refractivity contribution in [3.63, 3.8) is 0 Å². The number of ketones is 1. The first-order chi connectivity index (χ1) is 18.3. The molecule has 38 heavy (non-hydrogen) atoms. The summed E-state index contributed by atoms with van der Waals surface area (Å²) < 4.78 is 26.8. The first kappa shape index (κ1) is 25.9. The number of hydrogen-bond donors (Lipinski definition) is 1. The number of halogens is 3. The summed E-state index contributed by atoms with van der Waals surface area (Å²) in [7, 11) is 0. The van der Waals surface area contributed by atoms with E-state index >= 15 is 0 Å². The fourth-order valence-corrected chi connectivity index (χ4v) is 5.03. The predicted molar refractivity (Wildman–Crippen MR) is 143 cm³/mol. The number of hydrogen-bond acceptors (Lipinski definition) is 5. The second kappa shape index (κ2) is 10.9. The summed E-state index contributed by atoms with van der Waals surface area (Å²) in [4.78, 5) is 32.2. The molecule has 0 aliphatic heterocycles. The van der Waals surface area contributed by atoms with Crippen LogP contribution in [-0.4, -0.2) is 28.4 Å². The van der Waals surface area contributed by atoms with Crippen molar-refractivity contribution in [2.75, 3.05) is 11.4 Å². The number of rotatable bonds is 9. The van der Waals surface area contributed by atoms with Crippen LogP contribution in [0.2, 0.25) is 5.02 Å². The number of aromatic carboxylic acids is 1. The van der Waals surface area contributed by atoms with Gasteiger partial charge in [-0.3, -0.25) is 9.78 Å². The Balaban J connectivity index is 1.38. The average Bonchev–Trinajstić information content (AvgIpc) is 3.74. The summed E-state index contributed by atoms with van der Waals surface area (Å²) in [6.45, 7) is 0.829. The topological polar surface area (TPSA) is 70.5 Å². The number of carbonyl (C=O) groups is 2. The molecule has 1 saturated carbocycles. The zero-order valence-electron chi connectivity index (χ0n) is 19.9. The molecule has 0 unspecified atom stereocenters. The van der Waals surface area contributed by atoms with Crippen LogP contribution in [0.3, 0.4) is 0 Å². The van der Waals surface area contributed by atoms with Gasteiger partial charge in [-0.1, -0.05) is 23.4 Å². The third kappa shape index (κ3) is 5.87. The summed E-state index contributed by atoms with van der Waals surface area (Å²) in [5.41, 5.74) is 2.02. The van der Waals surface area contributed by atoms with Crippen molar-refractivity contribution in [1.82, 2.24) is 4.98 Å². The lowest BCUT2D eigenvalue weighted by Crippen LogP contribution is -2.20. The third-order valence-electron chi connectivity index (χ3n) is 6.16. The van der Waals surface area contributed by atoms with Gasteiger partial charge in [-0.2, -0.15) is 0 Å². The average molecular weight is 551 g/mol. The molecule has 3 aromatic carbocycles. The van der Waals surface area contributed by atoms with Gasteiger partial charge in [0.2, 0.25) is 5.78 Å². The molecule has 1 aliphatic rings. The Kier molecular flexibility index (Phi) is 7.44. The van der Waals surface area contributed by atoms with Crippen molar-refractivity contribution >= 4 is 46.5 Å². The first-order valence-electron chi connectivity index (χ1n) is 11.8. The molecule has 0 spiro atoms. The van der Waals surface area contributed by atoms with Crippen LogP contribution in [0.15, 0.2) is 88.8 Å². The van der Waals surface area contributed by atoms with E-state index in [1.807, 2.05) is 30.3 Å². The molecule has 192 valence electrons. The zero-order chi connectivity index (χ0) is 26.8. The quantitative estimate of drug-likeness (QED) is 0.216. The molecule has 1 fully saturated rings. The van der Waals surface area contributed by atoms with Gasteiger partial charge in [0, 0.05) is 32.6 Å². The molecule has 0 amide bonds. The van der Waals surface area contributed by atoms with Crippen LogP contribution in [0, 0.1) is 17.6 Å². The molecule has 4 aromatic rings. The lowest BCUT2D eigenvalue weighted by atomic mass is 10.0. The first-order valence-corrected chi connectivity index (χ1v) is 13.0. The fraction of sp³-hybridized carbons (Fsp3) is 0.138. The standard InChI is InChI=1S/C29H21ClF2N2O3S/c30-19-4-6-20(7-5-19)34(16-17-1-2-17)21-8-11-26(33-15-21)28(35)18-3-12-27(23(13-18)29(36)37)38-22-9-10-24(31)25(32)14-22/h3-15,17H,1-2,16H2,(H,36,37). The monoisotopic (exact) mass is 550 g/mol. The van der Waals surface area contributed by atoms with Gasteiger partial charge in [-0.25, -0.2) is 13.6 Å². The predicted octanol–water partition coefficient (Wildman–Crippen LogP) is 7.64. The van der Waals surface area contributed by atoms with Crippen LogP contribution < -0.4 is 4.90 Å². The third-order valence-corrected chi connectivity index (χ3v) is 7.48. The van der Waals surface area contributed by atoms with E-state index in [0.29, 0.717) is 20.7 Å². The number of nitrogens with zero attached hydrogens (tertiary/aromatic N) is 2. The van der Waals surface area contributed by atoms with E-state index in [1.54, 1.807) is 12.3 Å². The van der Waals surface area contributed by atoms with Gasteiger partial charge in [0.1, 0.15) is 5.69 Å². The molecule has 0 radical (unpaired) electrons. The van der Waals surface area contributed by atoms with Crippen LogP contribution in [0.25, 0.3) is 0 Å². The minimum atomic E-state index is -1.24. The van der Waals surface area contributed by atoms with Crippen molar-refractivity contribution < 1.29 is 23.5 Å². The van der Waals surface area contributed by atoms with Gasteiger partial charge in [-0.05, 0) is 91.6 Å². The number of anilines is 2. The van der Waals surface area contributed by atoms with E-state index in [1.165, 1.54) is 37.1 Å². The van der Waals surface area contributed by atoms with Crippen molar-refractivity contribution in [2.24, 2.45) is 5.92 Å². The number of carboxylic acid groups (broad SMARTS) is 1. The van der Waals surface area contributed by atoms with Crippen LogP contribution in [0.4, 0.5) is 20.2 Å². The van der Waals surface area contributed by atoms with Crippen LogP contribution in [-0.2, 0) is 0 Å². The highest BCUT2D eigenvalue weighted by atomic mass is 35.5. The second-order valence-corrected chi connectivity index (χ2v) is 10.5. The van der Waals surface area contributed by atoms with Crippen molar-refractivity contribution in [1.29, 1.82) is 0 Å². The summed E-state index contributed by atoms with van der Waals surface area (Å²) in [5, 5.41) is 10.4. The van der Waals surface area contributed by atoms with E-state index in [2.05, 4.69) is 9.88 Å². The second-order valence-electron chi connectivity index (χ2n) is 8.96. The molecule has 1 N–H and O–H groups in total. The highest BCUT2D eigenvalue weighted by molar-refractivity contribution is 7.99. The van der Waals surface area contributed by atoms with E-state index in [-0.39, 0.29) is 16.8 Å². The van der Waals surface area contributed by atoms with E-state index < -0.39 is 23.4 Å². The Morgan fingerprint density at radius 2 is 1.68 bits per heavy atom. The summed E-state index contributed by atoms with van der Waals surface area (Å²) >= 11 is 7.02. The zero-order valence-corrected chi connectivity index (χ0v) is 21.5. The van der Waals surface area contributed by atoms with E-state index in [0.717, 1.165) is 41.8 Å².